The van der Waals surface area contributed by atoms with Crippen LogP contribution in [0.5, 0.6) is 11.5 Å². The highest BCUT2D eigenvalue weighted by atomic mass is 16.5. The minimum absolute atomic E-state index is 0.102. The van der Waals surface area contributed by atoms with Crippen LogP contribution < -0.4 is 15.2 Å². The molecule has 7 heteroatoms. The summed E-state index contributed by atoms with van der Waals surface area (Å²) in [7, 11) is 1.43. The number of ketones is 2. The Labute approximate surface area is 121 Å². The molecule has 21 heavy (non-hydrogen) atoms. The number of rotatable bonds is 8. The van der Waals surface area contributed by atoms with Crippen molar-refractivity contribution in [2.75, 3.05) is 13.7 Å². The molecule has 1 aromatic carbocycles. The molecule has 0 saturated heterocycles. The molecule has 0 aliphatic heterocycles. The summed E-state index contributed by atoms with van der Waals surface area (Å²) in [5.74, 6) is -1.57. The number of carbonyl (C=O) groups excluding carboxylic acids is 2. The van der Waals surface area contributed by atoms with Crippen LogP contribution in [0.25, 0.3) is 0 Å². The van der Waals surface area contributed by atoms with Crippen molar-refractivity contribution in [2.45, 2.75) is 19.4 Å². The number of benzene rings is 1. The van der Waals surface area contributed by atoms with Gasteiger partial charge in [-0.05, 0) is 11.6 Å². The number of hydrogen-bond donors (Lipinski definition) is 2. The molecule has 0 aliphatic carbocycles. The van der Waals surface area contributed by atoms with Crippen molar-refractivity contribution >= 4 is 17.5 Å². The Kier molecular flexibility index (Phi) is 5.86. The fraction of sp³-hybridized carbons (Fsp3) is 0.357. The van der Waals surface area contributed by atoms with E-state index in [4.69, 9.17) is 20.3 Å². The van der Waals surface area contributed by atoms with Crippen molar-refractivity contribution in [3.8, 4) is 11.5 Å². The third-order valence-electron chi connectivity index (χ3n) is 2.78. The Bertz CT molecular complexity index is 554. The molecule has 0 amide bonds. The minimum atomic E-state index is -1.11. The SMILES string of the molecule is COc1cc(OCC(=O)C(C)=O)ccc1CC(N)C(=O)O. The van der Waals surface area contributed by atoms with Gasteiger partial charge in [0.2, 0.25) is 5.78 Å². The number of Topliss-reactive ketones (excluding diaryl/α,β-unsaturated/α-hetero) is 2. The van der Waals surface area contributed by atoms with Crippen LogP contribution in [0.1, 0.15) is 12.5 Å². The lowest BCUT2D eigenvalue weighted by Crippen LogP contribution is -2.32. The van der Waals surface area contributed by atoms with E-state index in [-0.39, 0.29) is 13.0 Å². The van der Waals surface area contributed by atoms with Crippen molar-refractivity contribution in [3.63, 3.8) is 0 Å². The number of ether oxygens (including phenoxy) is 2. The number of carboxylic acids is 1. The maximum absolute atomic E-state index is 11.2. The summed E-state index contributed by atoms with van der Waals surface area (Å²) in [6.07, 6.45) is 0.102. The predicted octanol–water partition coefficient (Wildman–Crippen LogP) is 0.187. The van der Waals surface area contributed by atoms with Gasteiger partial charge >= 0.3 is 5.97 Å². The molecule has 0 aliphatic rings. The Morgan fingerprint density at radius 3 is 2.52 bits per heavy atom. The molecule has 0 radical (unpaired) electrons. The number of carbonyl (C=O) groups is 3. The van der Waals surface area contributed by atoms with Crippen molar-refractivity contribution in [2.24, 2.45) is 5.73 Å². The van der Waals surface area contributed by atoms with Crippen LogP contribution in [-0.4, -0.2) is 42.4 Å². The lowest BCUT2D eigenvalue weighted by Gasteiger charge is -2.13. The van der Waals surface area contributed by atoms with Gasteiger partial charge in [0.25, 0.3) is 0 Å². The van der Waals surface area contributed by atoms with Crippen LogP contribution in [0.4, 0.5) is 0 Å². The number of carboxylic acid groups (broad SMARTS) is 1. The van der Waals surface area contributed by atoms with Gasteiger partial charge in [-0.25, -0.2) is 0 Å². The van der Waals surface area contributed by atoms with E-state index in [0.29, 0.717) is 17.1 Å². The lowest BCUT2D eigenvalue weighted by molar-refractivity contribution is -0.138. The summed E-state index contributed by atoms with van der Waals surface area (Å²) in [6, 6.07) is 3.64. The standard InChI is InChI=1S/C14H17NO6/c1-8(16)12(17)7-21-10-4-3-9(13(6-10)20-2)5-11(15)14(18)19/h3-4,6,11H,5,7,15H2,1-2H3,(H,18,19). The molecule has 114 valence electrons. The van der Waals surface area contributed by atoms with E-state index in [1.807, 2.05) is 0 Å². The number of methoxy groups -OCH3 is 1. The van der Waals surface area contributed by atoms with Crippen molar-refractivity contribution in [3.05, 3.63) is 23.8 Å². The molecule has 0 aromatic heterocycles. The van der Waals surface area contributed by atoms with E-state index in [2.05, 4.69) is 0 Å². The number of hydrogen-bond acceptors (Lipinski definition) is 6. The van der Waals surface area contributed by atoms with Gasteiger partial charge in [-0.2, -0.15) is 0 Å². The van der Waals surface area contributed by atoms with Gasteiger partial charge in [0, 0.05) is 19.4 Å². The van der Waals surface area contributed by atoms with Crippen LogP contribution >= 0.6 is 0 Å². The fourth-order valence-electron chi connectivity index (χ4n) is 1.56. The molecule has 3 N–H and O–H groups in total. The highest BCUT2D eigenvalue weighted by Crippen LogP contribution is 2.25. The second-order valence-electron chi connectivity index (χ2n) is 4.39. The molecule has 7 nitrogen and oxygen atoms in total. The first-order valence-corrected chi connectivity index (χ1v) is 6.17. The summed E-state index contributed by atoms with van der Waals surface area (Å²) in [5.41, 5.74) is 6.08. The van der Waals surface area contributed by atoms with Crippen molar-refractivity contribution < 1.29 is 29.0 Å². The van der Waals surface area contributed by atoms with E-state index in [1.165, 1.54) is 20.1 Å². The van der Waals surface area contributed by atoms with Gasteiger partial charge in [0.15, 0.2) is 12.4 Å². The van der Waals surface area contributed by atoms with Gasteiger partial charge in [0.05, 0.1) is 7.11 Å². The maximum atomic E-state index is 11.2. The largest absolute Gasteiger partial charge is 0.496 e. The van der Waals surface area contributed by atoms with Crippen molar-refractivity contribution in [1.82, 2.24) is 0 Å². The van der Waals surface area contributed by atoms with E-state index >= 15 is 0 Å². The summed E-state index contributed by atoms with van der Waals surface area (Å²) >= 11 is 0. The second-order valence-corrected chi connectivity index (χ2v) is 4.39. The predicted molar refractivity (Wildman–Crippen MR) is 73.5 cm³/mol. The zero-order chi connectivity index (χ0) is 16.0. The molecule has 0 saturated carbocycles. The van der Waals surface area contributed by atoms with E-state index in [9.17, 15) is 14.4 Å². The van der Waals surface area contributed by atoms with E-state index in [0.717, 1.165) is 0 Å². The quantitative estimate of drug-likeness (QED) is 0.657. The van der Waals surface area contributed by atoms with Gasteiger partial charge in [-0.15, -0.1) is 0 Å². The average Bonchev–Trinajstić information content (AvgIpc) is 2.45. The Morgan fingerprint density at radius 1 is 1.33 bits per heavy atom. The second kappa shape index (κ2) is 7.39. The highest BCUT2D eigenvalue weighted by molar-refractivity contribution is 6.36. The van der Waals surface area contributed by atoms with Crippen LogP contribution in [-0.2, 0) is 20.8 Å². The summed E-state index contributed by atoms with van der Waals surface area (Å²) < 4.78 is 10.3. The van der Waals surface area contributed by atoms with Crippen LogP contribution in [0.3, 0.4) is 0 Å². The molecule has 1 aromatic rings. The molecule has 1 unspecified atom stereocenters. The molecular weight excluding hydrogens is 278 g/mol. The van der Waals surface area contributed by atoms with E-state index < -0.39 is 23.6 Å². The van der Waals surface area contributed by atoms with Crippen molar-refractivity contribution in [1.29, 1.82) is 0 Å². The van der Waals surface area contributed by atoms with Gasteiger partial charge < -0.3 is 20.3 Å². The van der Waals surface area contributed by atoms with Crippen LogP contribution in [0.2, 0.25) is 0 Å². The normalized spacial score (nSPS) is 11.6. The molecule has 0 fully saturated rings. The monoisotopic (exact) mass is 295 g/mol. The Morgan fingerprint density at radius 2 is 2.00 bits per heavy atom. The van der Waals surface area contributed by atoms with Crippen LogP contribution in [0, 0.1) is 0 Å². The van der Waals surface area contributed by atoms with Crippen LogP contribution in [0.15, 0.2) is 18.2 Å². The molecule has 0 spiro atoms. The first-order valence-electron chi connectivity index (χ1n) is 6.17. The highest BCUT2D eigenvalue weighted by Gasteiger charge is 2.16. The van der Waals surface area contributed by atoms with Gasteiger partial charge in [-0.1, -0.05) is 6.07 Å². The Balaban J connectivity index is 2.81. The number of aliphatic carboxylic acids is 1. The topological polar surface area (TPSA) is 116 Å². The average molecular weight is 295 g/mol. The fourth-order valence-corrected chi connectivity index (χ4v) is 1.56. The summed E-state index contributed by atoms with van der Waals surface area (Å²) in [4.78, 5) is 32.7. The van der Waals surface area contributed by atoms with Gasteiger partial charge in [0.1, 0.15) is 17.5 Å². The summed E-state index contributed by atoms with van der Waals surface area (Å²) in [6.45, 7) is 0.815. The third-order valence-corrected chi connectivity index (χ3v) is 2.78. The number of nitrogens with two attached hydrogens (primary N) is 1. The molecule has 1 rings (SSSR count). The molecule has 1 atom stereocenters. The Hall–Kier alpha value is -2.41. The maximum Gasteiger partial charge on any atom is 0.320 e. The molecular formula is C14H17NO6. The first kappa shape index (κ1) is 16.6. The minimum Gasteiger partial charge on any atom is -0.496 e. The first-order chi connectivity index (χ1) is 9.85. The summed E-state index contributed by atoms with van der Waals surface area (Å²) in [5, 5.41) is 8.80. The molecule has 0 bridgehead atoms. The lowest BCUT2D eigenvalue weighted by atomic mass is 10.1. The smallest absolute Gasteiger partial charge is 0.320 e. The van der Waals surface area contributed by atoms with Gasteiger partial charge in [-0.3, -0.25) is 14.4 Å². The zero-order valence-corrected chi connectivity index (χ0v) is 11.8. The van der Waals surface area contributed by atoms with E-state index in [1.54, 1.807) is 12.1 Å². The zero-order valence-electron chi connectivity index (χ0n) is 11.8. The third kappa shape index (κ3) is 4.88. The molecule has 0 heterocycles.